The van der Waals surface area contributed by atoms with Gasteiger partial charge in [0.15, 0.2) is 0 Å². The lowest BCUT2D eigenvalue weighted by Gasteiger charge is -2.41. The number of nitriles is 1. The van der Waals surface area contributed by atoms with E-state index in [1.54, 1.807) is 0 Å². The average molecular weight is 500 g/mol. The quantitative estimate of drug-likeness (QED) is 0.486. The van der Waals surface area contributed by atoms with Gasteiger partial charge in [0.25, 0.3) is 5.91 Å². The van der Waals surface area contributed by atoms with Crippen LogP contribution in [0.1, 0.15) is 30.9 Å². The number of carbonyl (C=O) groups excluding carboxylic acids is 1. The highest BCUT2D eigenvalue weighted by molar-refractivity contribution is 6.22. The number of allylic oxidation sites excluding steroid dienone is 5. The van der Waals surface area contributed by atoms with Gasteiger partial charge < -0.3 is 15.1 Å². The highest BCUT2D eigenvalue weighted by Crippen LogP contribution is 2.43. The number of fused-ring (bicyclic) bond motifs is 1. The number of piperidine rings is 1. The van der Waals surface area contributed by atoms with Gasteiger partial charge in [-0.25, -0.2) is 0 Å². The van der Waals surface area contributed by atoms with E-state index < -0.39 is 0 Å². The summed E-state index contributed by atoms with van der Waals surface area (Å²) in [5.74, 6) is 0.153. The lowest BCUT2D eigenvalue weighted by atomic mass is 9.69. The Morgan fingerprint density at radius 1 is 1.31 bits per heavy atom. The van der Waals surface area contributed by atoms with Gasteiger partial charge in [0, 0.05) is 67.4 Å². The molecule has 1 saturated heterocycles. The SMILES string of the molecule is CN1C=CC(C(=O)N2CCC(NC3=CC(c4cccc(C#N)c4)=CC4(C)C=CN=CC34)CC2)=CC1Cl. The number of benzene rings is 1. The van der Waals surface area contributed by atoms with Gasteiger partial charge in [0.2, 0.25) is 0 Å². The van der Waals surface area contributed by atoms with Crippen LogP contribution in [0.5, 0.6) is 0 Å². The molecule has 0 aromatic heterocycles. The molecule has 1 fully saturated rings. The van der Waals surface area contributed by atoms with Crippen molar-refractivity contribution in [3.8, 4) is 6.07 Å². The predicted octanol–water partition coefficient (Wildman–Crippen LogP) is 4.59. The van der Waals surface area contributed by atoms with Crippen LogP contribution < -0.4 is 5.32 Å². The number of likely N-dealkylation sites (N-methyl/N-ethyl adjacent to an activating group) is 1. The molecule has 184 valence electrons. The second kappa shape index (κ2) is 9.83. The number of hydrogen-bond acceptors (Lipinski definition) is 5. The van der Waals surface area contributed by atoms with Crippen molar-refractivity contribution in [2.45, 2.75) is 31.3 Å². The van der Waals surface area contributed by atoms with Gasteiger partial charge in [-0.3, -0.25) is 9.79 Å². The third kappa shape index (κ3) is 4.76. The number of halogens is 1. The van der Waals surface area contributed by atoms with Crippen molar-refractivity contribution < 1.29 is 4.79 Å². The molecular formula is C29H30ClN5O. The Morgan fingerprint density at radius 3 is 2.86 bits per heavy atom. The van der Waals surface area contributed by atoms with Crippen LogP contribution in [0, 0.1) is 22.7 Å². The first-order valence-corrected chi connectivity index (χ1v) is 12.8. The summed E-state index contributed by atoms with van der Waals surface area (Å²) in [5.41, 5.74) is 4.04. The average Bonchev–Trinajstić information content (AvgIpc) is 2.90. The van der Waals surface area contributed by atoms with Gasteiger partial charge >= 0.3 is 0 Å². The summed E-state index contributed by atoms with van der Waals surface area (Å²) >= 11 is 6.29. The molecule has 1 aromatic rings. The summed E-state index contributed by atoms with van der Waals surface area (Å²) in [6.45, 7) is 3.61. The molecule has 3 heterocycles. The molecule has 7 heteroatoms. The molecule has 3 atom stereocenters. The Kier molecular flexibility index (Phi) is 6.59. The van der Waals surface area contributed by atoms with Crippen LogP contribution in [0.25, 0.3) is 5.57 Å². The highest BCUT2D eigenvalue weighted by atomic mass is 35.5. The largest absolute Gasteiger partial charge is 0.385 e. The van der Waals surface area contributed by atoms with Crippen molar-refractivity contribution in [2.75, 3.05) is 20.1 Å². The third-order valence-electron chi connectivity index (χ3n) is 7.46. The van der Waals surface area contributed by atoms with Crippen molar-refractivity contribution in [3.63, 3.8) is 0 Å². The number of rotatable bonds is 4. The first-order chi connectivity index (χ1) is 17.4. The number of nitrogens with zero attached hydrogens (tertiary/aromatic N) is 4. The van der Waals surface area contributed by atoms with E-state index in [0.29, 0.717) is 24.2 Å². The Labute approximate surface area is 217 Å². The standard InChI is InChI=1S/C29H30ClN5O/c1-29-9-10-32-19-25(29)26(15-23(17-29)21-5-3-4-20(14-21)18-31)33-24-7-12-35(13-8-24)28(36)22-6-11-34(2)27(30)16-22/h3-6,9-11,14-17,19,24-25,27,33H,7-8,12-13H2,1-2H3. The van der Waals surface area contributed by atoms with Crippen LogP contribution >= 0.6 is 11.6 Å². The zero-order valence-corrected chi connectivity index (χ0v) is 21.3. The molecule has 3 aliphatic heterocycles. The molecule has 0 bridgehead atoms. The minimum absolute atomic E-state index is 0.0417. The first kappa shape index (κ1) is 24.1. The zero-order chi connectivity index (χ0) is 25.3. The van der Waals surface area contributed by atoms with Crippen LogP contribution in [0.3, 0.4) is 0 Å². The van der Waals surface area contributed by atoms with Gasteiger partial charge in [-0.15, -0.1) is 0 Å². The fraction of sp³-hybridized carbons (Fsp3) is 0.345. The molecule has 1 amide bonds. The van der Waals surface area contributed by atoms with Crippen LogP contribution in [-0.4, -0.2) is 53.6 Å². The molecule has 3 unspecified atom stereocenters. The number of amides is 1. The monoisotopic (exact) mass is 499 g/mol. The van der Waals surface area contributed by atoms with Crippen molar-refractivity contribution in [1.82, 2.24) is 15.1 Å². The Balaban J connectivity index is 1.31. The van der Waals surface area contributed by atoms with E-state index in [1.165, 1.54) is 0 Å². The van der Waals surface area contributed by atoms with Crippen molar-refractivity contribution in [3.05, 3.63) is 89.4 Å². The smallest absolute Gasteiger partial charge is 0.253 e. The van der Waals surface area contributed by atoms with Crippen LogP contribution in [0.15, 0.2) is 83.3 Å². The molecular weight excluding hydrogens is 470 g/mol. The van der Waals surface area contributed by atoms with E-state index in [4.69, 9.17) is 11.6 Å². The number of aliphatic imine (C=N–C) groups is 1. The zero-order valence-electron chi connectivity index (χ0n) is 20.6. The van der Waals surface area contributed by atoms with Crippen LogP contribution in [0.4, 0.5) is 0 Å². The minimum Gasteiger partial charge on any atom is -0.385 e. The molecule has 1 aromatic carbocycles. The molecule has 6 nitrogen and oxygen atoms in total. The van der Waals surface area contributed by atoms with Gasteiger partial charge in [-0.1, -0.05) is 42.8 Å². The number of nitrogens with one attached hydrogen (secondary N) is 1. The van der Waals surface area contributed by atoms with E-state index in [0.717, 1.165) is 29.7 Å². The highest BCUT2D eigenvalue weighted by Gasteiger charge is 2.38. The van der Waals surface area contributed by atoms with Gasteiger partial charge in [-0.2, -0.15) is 5.26 Å². The Morgan fingerprint density at radius 2 is 2.11 bits per heavy atom. The molecule has 1 N–H and O–H groups in total. The maximum atomic E-state index is 13.0. The maximum Gasteiger partial charge on any atom is 0.253 e. The normalized spacial score (nSPS) is 27.6. The van der Waals surface area contributed by atoms with Crippen molar-refractivity contribution in [2.24, 2.45) is 16.3 Å². The van der Waals surface area contributed by atoms with Crippen molar-refractivity contribution >= 4 is 29.3 Å². The first-order valence-electron chi connectivity index (χ1n) is 12.3. The molecule has 4 aliphatic rings. The summed E-state index contributed by atoms with van der Waals surface area (Å²) in [5, 5.41) is 13.2. The van der Waals surface area contributed by atoms with Gasteiger partial charge in [0.1, 0.15) is 5.50 Å². The topological polar surface area (TPSA) is 71.7 Å². The summed E-state index contributed by atoms with van der Waals surface area (Å²) in [6.07, 6.45) is 17.7. The van der Waals surface area contributed by atoms with Crippen LogP contribution in [-0.2, 0) is 4.79 Å². The number of carbonyl (C=O) groups is 1. The van der Waals surface area contributed by atoms with E-state index in [2.05, 4.69) is 41.5 Å². The second-order valence-electron chi connectivity index (χ2n) is 10.0. The summed E-state index contributed by atoms with van der Waals surface area (Å²) in [4.78, 5) is 21.2. The summed E-state index contributed by atoms with van der Waals surface area (Å²) in [7, 11) is 1.89. The lowest BCUT2D eigenvalue weighted by Crippen LogP contribution is -2.47. The Bertz CT molecular complexity index is 1270. The van der Waals surface area contributed by atoms with Gasteiger partial charge in [0.05, 0.1) is 11.6 Å². The maximum absolute atomic E-state index is 13.0. The van der Waals surface area contributed by atoms with E-state index >= 15 is 0 Å². The fourth-order valence-corrected chi connectivity index (χ4v) is 5.45. The molecule has 0 saturated carbocycles. The molecule has 36 heavy (non-hydrogen) atoms. The minimum atomic E-state index is -0.303. The molecule has 5 rings (SSSR count). The second-order valence-corrected chi connectivity index (χ2v) is 10.5. The van der Waals surface area contributed by atoms with E-state index in [-0.39, 0.29) is 28.8 Å². The molecule has 1 aliphatic carbocycles. The van der Waals surface area contributed by atoms with Crippen molar-refractivity contribution in [1.29, 1.82) is 5.26 Å². The predicted molar refractivity (Wildman–Crippen MR) is 144 cm³/mol. The Hall–Kier alpha value is -3.56. The number of hydrogen-bond donors (Lipinski definition) is 1. The van der Waals surface area contributed by atoms with E-state index in [9.17, 15) is 10.1 Å². The number of likely N-dealkylation sites (tertiary alicyclic amines) is 1. The van der Waals surface area contributed by atoms with Crippen LogP contribution in [0.2, 0.25) is 0 Å². The number of alkyl halides is 1. The van der Waals surface area contributed by atoms with Gasteiger partial charge in [-0.05, 0) is 54.3 Å². The third-order valence-corrected chi connectivity index (χ3v) is 7.89. The fourth-order valence-electron chi connectivity index (χ4n) is 5.25. The van der Waals surface area contributed by atoms with E-state index in [1.807, 2.05) is 71.9 Å². The summed E-state index contributed by atoms with van der Waals surface area (Å²) in [6, 6.07) is 10.2. The summed E-state index contributed by atoms with van der Waals surface area (Å²) < 4.78 is 0. The molecule has 0 spiro atoms. The lowest BCUT2D eigenvalue weighted by molar-refractivity contribution is -0.127. The molecule has 0 radical (unpaired) electrons.